The first-order chi connectivity index (χ1) is 14.7. The van der Waals surface area contributed by atoms with Crippen LogP contribution in [-0.2, 0) is 11.3 Å². The zero-order chi connectivity index (χ0) is 20.8. The second kappa shape index (κ2) is 9.79. The quantitative estimate of drug-likeness (QED) is 0.533. The lowest BCUT2D eigenvalue weighted by Gasteiger charge is -2.32. The molecule has 1 atom stereocenters. The van der Waals surface area contributed by atoms with Crippen LogP contribution in [0.15, 0.2) is 78.9 Å². The molecule has 0 aliphatic carbocycles. The van der Waals surface area contributed by atoms with E-state index in [1.165, 1.54) is 5.56 Å². The van der Waals surface area contributed by atoms with Crippen molar-refractivity contribution in [3.8, 4) is 11.5 Å². The van der Waals surface area contributed by atoms with Gasteiger partial charge in [-0.15, -0.1) is 0 Å². The Hall–Kier alpha value is -2.82. The van der Waals surface area contributed by atoms with Gasteiger partial charge in [0, 0.05) is 18.1 Å². The fourth-order valence-electron chi connectivity index (χ4n) is 3.82. The van der Waals surface area contributed by atoms with Crippen molar-refractivity contribution in [3.05, 3.63) is 89.4 Å². The number of rotatable bonds is 6. The van der Waals surface area contributed by atoms with Gasteiger partial charge in [-0.25, -0.2) is 0 Å². The average molecular weight is 421 g/mol. The number of hydrogen-bond donors (Lipinski definition) is 1. The van der Waals surface area contributed by atoms with Gasteiger partial charge in [0.15, 0.2) is 5.75 Å². The zero-order valence-corrected chi connectivity index (χ0v) is 17.5. The molecule has 4 nitrogen and oxygen atoms in total. The third kappa shape index (κ3) is 5.41. The summed E-state index contributed by atoms with van der Waals surface area (Å²) in [6, 6.07) is 25.1. The molecule has 1 fully saturated rings. The molecule has 30 heavy (non-hydrogen) atoms. The third-order valence-corrected chi connectivity index (χ3v) is 5.52. The number of benzene rings is 3. The minimum absolute atomic E-state index is 0.0369. The molecule has 0 aromatic heterocycles. The molecule has 0 spiro atoms. The van der Waals surface area contributed by atoms with Crippen molar-refractivity contribution in [2.75, 3.05) is 18.4 Å². The number of likely N-dealkylation sites (tertiary alicyclic amines) is 1. The van der Waals surface area contributed by atoms with Gasteiger partial charge in [-0.05, 0) is 61.3 Å². The smallest absolute Gasteiger partial charge is 0.228 e. The summed E-state index contributed by atoms with van der Waals surface area (Å²) in [6.07, 6.45) is 1.89. The molecule has 0 bridgehead atoms. The molecule has 3 aromatic rings. The number of ether oxygens (including phenoxy) is 1. The Morgan fingerprint density at radius 3 is 2.67 bits per heavy atom. The van der Waals surface area contributed by atoms with E-state index in [9.17, 15) is 4.79 Å². The van der Waals surface area contributed by atoms with E-state index in [1.807, 2.05) is 72.8 Å². The maximum absolute atomic E-state index is 13.0. The van der Waals surface area contributed by atoms with Crippen molar-refractivity contribution in [1.82, 2.24) is 4.90 Å². The molecule has 1 unspecified atom stereocenters. The van der Waals surface area contributed by atoms with Gasteiger partial charge in [0.05, 0.1) is 11.6 Å². The van der Waals surface area contributed by atoms with Crippen molar-refractivity contribution >= 4 is 23.2 Å². The third-order valence-electron chi connectivity index (χ3n) is 5.29. The van der Waals surface area contributed by atoms with E-state index in [1.54, 1.807) is 0 Å². The molecule has 1 aliphatic heterocycles. The van der Waals surface area contributed by atoms with Gasteiger partial charge in [0.25, 0.3) is 0 Å². The predicted octanol–water partition coefficient (Wildman–Crippen LogP) is 5.98. The normalized spacial score (nSPS) is 16.8. The van der Waals surface area contributed by atoms with E-state index in [-0.39, 0.29) is 11.8 Å². The minimum atomic E-state index is -0.0530. The van der Waals surface area contributed by atoms with E-state index in [2.05, 4.69) is 16.3 Å². The summed E-state index contributed by atoms with van der Waals surface area (Å²) in [5.74, 6) is 1.37. The lowest BCUT2D eigenvalue weighted by Crippen LogP contribution is -2.40. The maximum atomic E-state index is 13.0. The second-order valence-corrected chi connectivity index (χ2v) is 8.04. The molecule has 1 N–H and O–H groups in total. The van der Waals surface area contributed by atoms with Gasteiger partial charge in [-0.2, -0.15) is 0 Å². The van der Waals surface area contributed by atoms with Gasteiger partial charge in [0.1, 0.15) is 5.75 Å². The van der Waals surface area contributed by atoms with E-state index < -0.39 is 0 Å². The van der Waals surface area contributed by atoms with Crippen LogP contribution in [0.4, 0.5) is 5.69 Å². The summed E-state index contributed by atoms with van der Waals surface area (Å²) in [5.41, 5.74) is 1.86. The lowest BCUT2D eigenvalue weighted by molar-refractivity contribution is -0.121. The molecule has 1 saturated heterocycles. The van der Waals surface area contributed by atoms with Gasteiger partial charge >= 0.3 is 0 Å². The molecule has 1 amide bonds. The van der Waals surface area contributed by atoms with E-state index >= 15 is 0 Å². The van der Waals surface area contributed by atoms with Gasteiger partial charge in [-0.1, -0.05) is 54.1 Å². The fraction of sp³-hybridized carbons (Fsp3) is 0.240. The van der Waals surface area contributed by atoms with Crippen LogP contribution in [0.5, 0.6) is 11.5 Å². The Labute approximate surface area is 182 Å². The highest BCUT2D eigenvalue weighted by Gasteiger charge is 2.26. The Morgan fingerprint density at radius 2 is 1.83 bits per heavy atom. The van der Waals surface area contributed by atoms with Crippen molar-refractivity contribution in [3.63, 3.8) is 0 Å². The van der Waals surface area contributed by atoms with Crippen LogP contribution >= 0.6 is 11.6 Å². The number of piperidine rings is 1. The summed E-state index contributed by atoms with van der Waals surface area (Å²) in [4.78, 5) is 15.3. The van der Waals surface area contributed by atoms with Crippen LogP contribution in [0, 0.1) is 5.92 Å². The minimum Gasteiger partial charge on any atom is -0.455 e. The average Bonchev–Trinajstić information content (AvgIpc) is 2.76. The number of nitrogens with zero attached hydrogens (tertiary/aromatic N) is 1. The van der Waals surface area contributed by atoms with Crippen LogP contribution in [-0.4, -0.2) is 23.9 Å². The topological polar surface area (TPSA) is 41.6 Å². The molecule has 1 heterocycles. The van der Waals surface area contributed by atoms with E-state index in [4.69, 9.17) is 16.3 Å². The summed E-state index contributed by atoms with van der Waals surface area (Å²) in [5, 5.41) is 3.83. The number of carbonyl (C=O) groups is 1. The van der Waals surface area contributed by atoms with Crippen LogP contribution in [0.3, 0.4) is 0 Å². The molecule has 3 aromatic carbocycles. The van der Waals surface area contributed by atoms with Gasteiger partial charge < -0.3 is 10.1 Å². The highest BCUT2D eigenvalue weighted by atomic mass is 35.5. The summed E-state index contributed by atoms with van der Waals surface area (Å²) < 4.78 is 5.97. The number of amides is 1. The Morgan fingerprint density at radius 1 is 1.03 bits per heavy atom. The lowest BCUT2D eigenvalue weighted by atomic mass is 9.96. The highest BCUT2D eigenvalue weighted by molar-refractivity contribution is 6.30. The summed E-state index contributed by atoms with van der Waals surface area (Å²) in [7, 11) is 0. The first-order valence-electron chi connectivity index (χ1n) is 10.3. The van der Waals surface area contributed by atoms with Crippen molar-refractivity contribution < 1.29 is 9.53 Å². The standard InChI is InChI=1S/C25H25ClN2O2/c26-21-10-6-8-19(16-21)17-28-15-7-9-20(18-28)25(29)27-23-13-4-5-14-24(23)30-22-11-2-1-3-12-22/h1-6,8,10-14,16,20H,7,9,15,17-18H2,(H,27,29). The highest BCUT2D eigenvalue weighted by Crippen LogP contribution is 2.30. The number of nitrogens with one attached hydrogen (secondary N) is 1. The van der Waals surface area contributed by atoms with Crippen molar-refractivity contribution in [2.45, 2.75) is 19.4 Å². The molecular weight excluding hydrogens is 396 g/mol. The van der Waals surface area contributed by atoms with E-state index in [0.29, 0.717) is 11.4 Å². The van der Waals surface area contributed by atoms with Crippen molar-refractivity contribution in [2.24, 2.45) is 5.92 Å². The predicted molar refractivity (Wildman–Crippen MR) is 121 cm³/mol. The molecule has 4 rings (SSSR count). The number of carbonyl (C=O) groups excluding carboxylic acids is 1. The maximum Gasteiger partial charge on any atom is 0.228 e. The van der Waals surface area contributed by atoms with Gasteiger partial charge in [-0.3, -0.25) is 9.69 Å². The number of anilines is 1. The SMILES string of the molecule is O=C(Nc1ccccc1Oc1ccccc1)C1CCCN(Cc2cccc(Cl)c2)C1. The number of halogens is 1. The monoisotopic (exact) mass is 420 g/mol. The van der Waals surface area contributed by atoms with Crippen LogP contribution in [0.2, 0.25) is 5.02 Å². The molecule has 154 valence electrons. The van der Waals surface area contributed by atoms with Crippen LogP contribution < -0.4 is 10.1 Å². The van der Waals surface area contributed by atoms with E-state index in [0.717, 1.165) is 43.2 Å². The first kappa shape index (κ1) is 20.5. The zero-order valence-electron chi connectivity index (χ0n) is 16.8. The Balaban J connectivity index is 1.40. The van der Waals surface area contributed by atoms with Gasteiger partial charge in [0.2, 0.25) is 5.91 Å². The molecular formula is C25H25ClN2O2. The second-order valence-electron chi connectivity index (χ2n) is 7.60. The fourth-order valence-corrected chi connectivity index (χ4v) is 4.03. The molecule has 1 aliphatic rings. The summed E-state index contributed by atoms with van der Waals surface area (Å²) >= 11 is 6.11. The number of para-hydroxylation sites is 3. The van der Waals surface area contributed by atoms with Crippen LogP contribution in [0.25, 0.3) is 0 Å². The first-order valence-corrected chi connectivity index (χ1v) is 10.6. The molecule has 5 heteroatoms. The molecule has 0 radical (unpaired) electrons. The Bertz CT molecular complexity index is 993. The van der Waals surface area contributed by atoms with Crippen molar-refractivity contribution in [1.29, 1.82) is 0 Å². The Kier molecular flexibility index (Phi) is 6.67. The molecule has 0 saturated carbocycles. The largest absolute Gasteiger partial charge is 0.455 e. The van der Waals surface area contributed by atoms with Crippen LogP contribution in [0.1, 0.15) is 18.4 Å². The number of hydrogen-bond acceptors (Lipinski definition) is 3. The summed E-state index contributed by atoms with van der Waals surface area (Å²) in [6.45, 7) is 2.53.